The molecule has 2 heteroatoms. The number of pyridine rings is 1. The molecule has 0 bridgehead atoms. The SMILES string of the molecule is C/C1=N\c2ccccc2Cc2ccccc2-c2cc(-c3ccc(-c4ccccn4)cc3)ccc21. The minimum absolute atomic E-state index is 0.867. The van der Waals surface area contributed by atoms with Crippen LogP contribution in [0.25, 0.3) is 33.5 Å². The number of rotatable bonds is 2. The van der Waals surface area contributed by atoms with E-state index in [4.69, 9.17) is 4.99 Å². The number of aliphatic imine (C=N–C) groups is 1. The first-order chi connectivity index (χ1) is 16.8. The van der Waals surface area contributed by atoms with Crippen molar-refractivity contribution in [1.29, 1.82) is 0 Å². The van der Waals surface area contributed by atoms with Crippen LogP contribution >= 0.6 is 0 Å². The number of aromatic nitrogens is 1. The Morgan fingerprint density at radius 3 is 2.09 bits per heavy atom. The summed E-state index contributed by atoms with van der Waals surface area (Å²) in [4.78, 5) is 9.52. The number of fused-ring (bicyclic) bond motifs is 4. The van der Waals surface area contributed by atoms with E-state index in [2.05, 4.69) is 103 Å². The molecule has 0 radical (unpaired) electrons. The first kappa shape index (κ1) is 20.3. The average Bonchev–Trinajstić information content (AvgIpc) is 2.95. The van der Waals surface area contributed by atoms with E-state index in [0.29, 0.717) is 0 Å². The fourth-order valence-corrected chi connectivity index (χ4v) is 4.78. The Hall–Kier alpha value is -4.30. The maximum atomic E-state index is 5.04. The van der Waals surface area contributed by atoms with E-state index in [1.165, 1.54) is 38.9 Å². The molecule has 0 spiro atoms. The van der Waals surface area contributed by atoms with Crippen molar-refractivity contribution in [2.45, 2.75) is 13.3 Å². The van der Waals surface area contributed by atoms with Gasteiger partial charge in [0.1, 0.15) is 0 Å². The highest BCUT2D eigenvalue weighted by Gasteiger charge is 2.17. The monoisotopic (exact) mass is 436 g/mol. The summed E-state index contributed by atoms with van der Waals surface area (Å²) in [5.74, 6) is 0. The lowest BCUT2D eigenvalue weighted by Crippen LogP contribution is -1.99. The molecule has 0 aliphatic carbocycles. The second-order valence-corrected chi connectivity index (χ2v) is 8.71. The number of nitrogens with zero attached hydrogens (tertiary/aromatic N) is 2. The zero-order valence-corrected chi connectivity index (χ0v) is 19.1. The predicted molar refractivity (Wildman–Crippen MR) is 142 cm³/mol. The van der Waals surface area contributed by atoms with Crippen molar-refractivity contribution in [3.63, 3.8) is 0 Å². The molecule has 4 aromatic carbocycles. The van der Waals surface area contributed by atoms with Gasteiger partial charge in [-0.2, -0.15) is 0 Å². The van der Waals surface area contributed by atoms with Gasteiger partial charge in [0.25, 0.3) is 0 Å². The number of hydrogen-bond donors (Lipinski definition) is 0. The number of hydrogen-bond acceptors (Lipinski definition) is 2. The lowest BCUT2D eigenvalue weighted by molar-refractivity contribution is 1.19. The number of para-hydroxylation sites is 1. The van der Waals surface area contributed by atoms with Crippen LogP contribution in [0.15, 0.2) is 120 Å². The third-order valence-electron chi connectivity index (χ3n) is 6.56. The van der Waals surface area contributed by atoms with Crippen LogP contribution in [-0.2, 0) is 6.42 Å². The van der Waals surface area contributed by atoms with Crippen LogP contribution in [-0.4, -0.2) is 10.7 Å². The van der Waals surface area contributed by atoms with E-state index in [0.717, 1.165) is 29.1 Å². The quantitative estimate of drug-likeness (QED) is 0.274. The van der Waals surface area contributed by atoms with E-state index < -0.39 is 0 Å². The summed E-state index contributed by atoms with van der Waals surface area (Å²) in [6.07, 6.45) is 2.70. The predicted octanol–water partition coefficient (Wildman–Crippen LogP) is 8.13. The summed E-state index contributed by atoms with van der Waals surface area (Å²) in [5.41, 5.74) is 12.9. The first-order valence-corrected chi connectivity index (χ1v) is 11.6. The molecule has 5 aromatic rings. The van der Waals surface area contributed by atoms with E-state index in [-0.39, 0.29) is 0 Å². The van der Waals surface area contributed by atoms with Crippen molar-refractivity contribution in [3.05, 3.63) is 132 Å². The van der Waals surface area contributed by atoms with Gasteiger partial charge in [-0.1, -0.05) is 84.9 Å². The molecule has 0 amide bonds. The molecule has 162 valence electrons. The Morgan fingerprint density at radius 2 is 1.26 bits per heavy atom. The average molecular weight is 437 g/mol. The summed E-state index contributed by atoms with van der Waals surface area (Å²) in [6.45, 7) is 2.12. The molecule has 1 aliphatic rings. The molecule has 1 aliphatic heterocycles. The summed E-state index contributed by atoms with van der Waals surface area (Å²) < 4.78 is 0. The Bertz CT molecular complexity index is 1510. The van der Waals surface area contributed by atoms with E-state index in [9.17, 15) is 0 Å². The maximum absolute atomic E-state index is 5.04. The largest absolute Gasteiger partial charge is 0.256 e. The molecule has 0 atom stereocenters. The van der Waals surface area contributed by atoms with Crippen LogP contribution in [0.2, 0.25) is 0 Å². The Labute approximate surface area is 200 Å². The fraction of sp³-hybridized carbons (Fsp3) is 0.0625. The van der Waals surface area contributed by atoms with Gasteiger partial charge in [-0.3, -0.25) is 9.98 Å². The van der Waals surface area contributed by atoms with Crippen LogP contribution < -0.4 is 0 Å². The van der Waals surface area contributed by atoms with E-state index in [1.807, 2.05) is 24.4 Å². The molecule has 0 unspecified atom stereocenters. The van der Waals surface area contributed by atoms with Crippen LogP contribution in [0.3, 0.4) is 0 Å². The van der Waals surface area contributed by atoms with Gasteiger partial charge in [0, 0.05) is 29.5 Å². The summed E-state index contributed by atoms with van der Waals surface area (Å²) in [7, 11) is 0. The minimum atomic E-state index is 0.867. The molecule has 2 heterocycles. The third kappa shape index (κ3) is 3.74. The van der Waals surface area contributed by atoms with Crippen LogP contribution in [0.1, 0.15) is 23.6 Å². The lowest BCUT2D eigenvalue weighted by atomic mass is 9.89. The van der Waals surface area contributed by atoms with Gasteiger partial charge in [-0.15, -0.1) is 0 Å². The highest BCUT2D eigenvalue weighted by Crippen LogP contribution is 2.36. The molecule has 2 nitrogen and oxygen atoms in total. The molecular formula is C32H24N2. The van der Waals surface area contributed by atoms with Crippen LogP contribution in [0.5, 0.6) is 0 Å². The van der Waals surface area contributed by atoms with Gasteiger partial charge >= 0.3 is 0 Å². The summed E-state index contributed by atoms with van der Waals surface area (Å²) in [5, 5.41) is 0. The maximum Gasteiger partial charge on any atom is 0.0701 e. The summed E-state index contributed by atoms with van der Waals surface area (Å²) in [6, 6.07) is 38.6. The van der Waals surface area contributed by atoms with Crippen molar-refractivity contribution >= 4 is 11.4 Å². The van der Waals surface area contributed by atoms with Crippen molar-refractivity contribution < 1.29 is 0 Å². The molecule has 0 saturated heterocycles. The van der Waals surface area contributed by atoms with Gasteiger partial charge in [0.05, 0.1) is 11.4 Å². The van der Waals surface area contributed by atoms with Gasteiger partial charge in [-0.25, -0.2) is 0 Å². The zero-order valence-electron chi connectivity index (χ0n) is 19.1. The third-order valence-corrected chi connectivity index (χ3v) is 6.56. The van der Waals surface area contributed by atoms with Crippen molar-refractivity contribution in [2.24, 2.45) is 4.99 Å². The zero-order chi connectivity index (χ0) is 22.9. The van der Waals surface area contributed by atoms with Crippen molar-refractivity contribution in [2.75, 3.05) is 0 Å². The minimum Gasteiger partial charge on any atom is -0.256 e. The standard InChI is InChI=1S/C32H24N2/c1-22-28-18-17-25(23-13-15-24(16-14-23)31-11-6-7-19-33-31)21-30(28)29-10-4-2-8-26(29)20-27-9-3-5-12-32(27)34-22/h2-19,21H,20H2,1H3/b34-22+. The normalized spacial score (nSPS) is 13.9. The van der Waals surface area contributed by atoms with Gasteiger partial charge in [-0.05, 0) is 64.6 Å². The topological polar surface area (TPSA) is 25.2 Å². The molecule has 6 rings (SSSR count). The van der Waals surface area contributed by atoms with E-state index in [1.54, 1.807) is 0 Å². The Kier molecular flexibility index (Phi) is 5.12. The first-order valence-electron chi connectivity index (χ1n) is 11.6. The second kappa shape index (κ2) is 8.57. The highest BCUT2D eigenvalue weighted by atomic mass is 14.7. The molecule has 0 N–H and O–H groups in total. The van der Waals surface area contributed by atoms with Crippen molar-refractivity contribution in [3.8, 4) is 33.5 Å². The van der Waals surface area contributed by atoms with Gasteiger partial charge in [0.15, 0.2) is 0 Å². The van der Waals surface area contributed by atoms with Crippen molar-refractivity contribution in [1.82, 2.24) is 4.98 Å². The fourth-order valence-electron chi connectivity index (χ4n) is 4.78. The van der Waals surface area contributed by atoms with Crippen LogP contribution in [0, 0.1) is 0 Å². The lowest BCUT2D eigenvalue weighted by Gasteiger charge is -2.15. The molecular weight excluding hydrogens is 412 g/mol. The van der Waals surface area contributed by atoms with Crippen LogP contribution in [0.4, 0.5) is 5.69 Å². The van der Waals surface area contributed by atoms with Gasteiger partial charge in [0.2, 0.25) is 0 Å². The molecule has 34 heavy (non-hydrogen) atoms. The smallest absolute Gasteiger partial charge is 0.0701 e. The molecule has 1 aromatic heterocycles. The second-order valence-electron chi connectivity index (χ2n) is 8.71. The van der Waals surface area contributed by atoms with E-state index >= 15 is 0 Å². The number of benzene rings is 4. The Balaban J connectivity index is 1.48. The highest BCUT2D eigenvalue weighted by molar-refractivity contribution is 6.07. The molecule has 0 saturated carbocycles. The Morgan fingerprint density at radius 1 is 0.559 bits per heavy atom. The van der Waals surface area contributed by atoms with Gasteiger partial charge < -0.3 is 0 Å². The molecule has 0 fully saturated rings. The summed E-state index contributed by atoms with van der Waals surface area (Å²) >= 11 is 0.